The standard InChI is InChI=1S/C14H22N2O2S/c1-10(16-11(2)14(3)8-9-14)12-4-6-13(7-5-12)19(15,17)18/h4-7,10-11,16H,8-9H2,1-3H3,(H2,15,17,18). The lowest BCUT2D eigenvalue weighted by molar-refractivity contribution is 0.350. The van der Waals surface area contributed by atoms with E-state index in [-0.39, 0.29) is 10.9 Å². The minimum Gasteiger partial charge on any atom is -0.307 e. The van der Waals surface area contributed by atoms with E-state index in [1.807, 2.05) is 12.1 Å². The maximum atomic E-state index is 11.2. The molecule has 4 nitrogen and oxygen atoms in total. The van der Waals surface area contributed by atoms with Crippen molar-refractivity contribution in [1.82, 2.24) is 5.32 Å². The number of nitrogens with two attached hydrogens (primary N) is 1. The molecule has 0 aromatic heterocycles. The molecule has 1 aromatic carbocycles. The summed E-state index contributed by atoms with van der Waals surface area (Å²) in [5.41, 5.74) is 1.50. The Kier molecular flexibility index (Phi) is 3.73. The van der Waals surface area contributed by atoms with Crippen LogP contribution in [-0.2, 0) is 10.0 Å². The number of nitrogens with one attached hydrogen (secondary N) is 1. The van der Waals surface area contributed by atoms with Crippen molar-refractivity contribution >= 4 is 10.0 Å². The molecule has 0 heterocycles. The number of sulfonamides is 1. The van der Waals surface area contributed by atoms with Gasteiger partial charge in [0.1, 0.15) is 0 Å². The smallest absolute Gasteiger partial charge is 0.238 e. The Balaban J connectivity index is 2.05. The zero-order valence-corrected chi connectivity index (χ0v) is 12.5. The van der Waals surface area contributed by atoms with Crippen LogP contribution in [-0.4, -0.2) is 14.5 Å². The molecular weight excluding hydrogens is 260 g/mol. The van der Waals surface area contributed by atoms with E-state index in [4.69, 9.17) is 5.14 Å². The Bertz CT molecular complexity index is 547. The summed E-state index contributed by atoms with van der Waals surface area (Å²) in [6.07, 6.45) is 2.55. The molecule has 1 fully saturated rings. The van der Waals surface area contributed by atoms with Crippen LogP contribution in [0.15, 0.2) is 29.2 Å². The summed E-state index contributed by atoms with van der Waals surface area (Å²) in [6, 6.07) is 7.42. The topological polar surface area (TPSA) is 72.2 Å². The van der Waals surface area contributed by atoms with Gasteiger partial charge in [0.2, 0.25) is 10.0 Å². The van der Waals surface area contributed by atoms with Crippen LogP contribution in [0.3, 0.4) is 0 Å². The fourth-order valence-corrected chi connectivity index (χ4v) is 2.76. The summed E-state index contributed by atoms with van der Waals surface area (Å²) >= 11 is 0. The van der Waals surface area contributed by atoms with Crippen molar-refractivity contribution in [2.45, 2.75) is 50.6 Å². The van der Waals surface area contributed by atoms with Crippen LogP contribution in [0, 0.1) is 5.41 Å². The molecule has 0 spiro atoms. The average Bonchev–Trinajstić information content (AvgIpc) is 3.08. The summed E-state index contributed by atoms with van der Waals surface area (Å²) in [5, 5.41) is 8.66. The van der Waals surface area contributed by atoms with Crippen molar-refractivity contribution in [3.05, 3.63) is 29.8 Å². The van der Waals surface area contributed by atoms with Crippen molar-refractivity contribution in [3.63, 3.8) is 0 Å². The molecule has 0 radical (unpaired) electrons. The van der Waals surface area contributed by atoms with Crippen molar-refractivity contribution in [3.8, 4) is 0 Å². The Morgan fingerprint density at radius 3 is 2.16 bits per heavy atom. The van der Waals surface area contributed by atoms with Gasteiger partial charge in [0, 0.05) is 12.1 Å². The molecule has 2 atom stereocenters. The zero-order chi connectivity index (χ0) is 14.3. The highest BCUT2D eigenvalue weighted by molar-refractivity contribution is 7.89. The number of rotatable bonds is 5. The van der Waals surface area contributed by atoms with Gasteiger partial charge >= 0.3 is 0 Å². The lowest BCUT2D eigenvalue weighted by Gasteiger charge is -2.25. The van der Waals surface area contributed by atoms with E-state index in [0.717, 1.165) is 5.56 Å². The monoisotopic (exact) mass is 282 g/mol. The third kappa shape index (κ3) is 3.35. The second-order valence-corrected chi connectivity index (χ2v) is 7.44. The van der Waals surface area contributed by atoms with E-state index >= 15 is 0 Å². The van der Waals surface area contributed by atoms with E-state index in [2.05, 4.69) is 26.1 Å². The lowest BCUT2D eigenvalue weighted by atomic mass is 9.98. The van der Waals surface area contributed by atoms with Crippen LogP contribution in [0.5, 0.6) is 0 Å². The van der Waals surface area contributed by atoms with Crippen LogP contribution in [0.4, 0.5) is 0 Å². The van der Waals surface area contributed by atoms with E-state index < -0.39 is 10.0 Å². The molecule has 0 aliphatic heterocycles. The Hall–Kier alpha value is -0.910. The first kappa shape index (κ1) is 14.5. The molecule has 2 rings (SSSR count). The van der Waals surface area contributed by atoms with Crippen molar-refractivity contribution in [2.75, 3.05) is 0 Å². The molecule has 1 aromatic rings. The zero-order valence-electron chi connectivity index (χ0n) is 11.7. The molecule has 19 heavy (non-hydrogen) atoms. The SMILES string of the molecule is CC(NC(C)C1(C)CC1)c1ccc(S(N)(=O)=O)cc1. The molecule has 0 saturated heterocycles. The normalized spacial score (nSPS) is 20.8. The first-order valence-electron chi connectivity index (χ1n) is 6.61. The van der Waals surface area contributed by atoms with Crippen LogP contribution >= 0.6 is 0 Å². The minimum absolute atomic E-state index is 0.158. The van der Waals surface area contributed by atoms with E-state index in [9.17, 15) is 8.42 Å². The fraction of sp³-hybridized carbons (Fsp3) is 0.571. The van der Waals surface area contributed by atoms with E-state index in [1.54, 1.807) is 12.1 Å². The number of hydrogen-bond donors (Lipinski definition) is 2. The van der Waals surface area contributed by atoms with E-state index in [1.165, 1.54) is 12.8 Å². The van der Waals surface area contributed by atoms with Gasteiger partial charge in [0.05, 0.1) is 4.90 Å². The first-order valence-corrected chi connectivity index (χ1v) is 8.16. The van der Waals surface area contributed by atoms with Crippen LogP contribution in [0.2, 0.25) is 0 Å². The van der Waals surface area contributed by atoms with Crippen molar-refractivity contribution in [2.24, 2.45) is 10.6 Å². The third-order valence-electron chi connectivity index (χ3n) is 4.29. The lowest BCUT2D eigenvalue weighted by Crippen LogP contribution is -2.35. The maximum Gasteiger partial charge on any atom is 0.238 e. The maximum absolute atomic E-state index is 11.2. The second kappa shape index (κ2) is 4.89. The Morgan fingerprint density at radius 2 is 1.74 bits per heavy atom. The van der Waals surface area contributed by atoms with Gasteiger partial charge in [-0.3, -0.25) is 0 Å². The van der Waals surface area contributed by atoms with Crippen LogP contribution in [0.1, 0.15) is 45.2 Å². The Morgan fingerprint density at radius 1 is 1.21 bits per heavy atom. The van der Waals surface area contributed by atoms with Gasteiger partial charge in [0.15, 0.2) is 0 Å². The molecule has 3 N–H and O–H groups in total. The molecule has 0 amide bonds. The number of hydrogen-bond acceptors (Lipinski definition) is 3. The molecule has 5 heteroatoms. The highest BCUT2D eigenvalue weighted by atomic mass is 32.2. The van der Waals surface area contributed by atoms with E-state index in [0.29, 0.717) is 11.5 Å². The predicted octanol–water partition coefficient (Wildman–Crippen LogP) is 2.17. The molecule has 106 valence electrons. The molecule has 2 unspecified atom stereocenters. The summed E-state index contributed by atoms with van der Waals surface area (Å²) in [5.74, 6) is 0. The quantitative estimate of drug-likeness (QED) is 0.869. The summed E-state index contributed by atoms with van der Waals surface area (Å²) in [6.45, 7) is 6.60. The van der Waals surface area contributed by atoms with Crippen molar-refractivity contribution < 1.29 is 8.42 Å². The van der Waals surface area contributed by atoms with Gasteiger partial charge in [-0.1, -0.05) is 19.1 Å². The van der Waals surface area contributed by atoms with Crippen molar-refractivity contribution in [1.29, 1.82) is 0 Å². The van der Waals surface area contributed by atoms with Gasteiger partial charge in [-0.15, -0.1) is 0 Å². The summed E-state index contributed by atoms with van der Waals surface area (Å²) < 4.78 is 22.4. The van der Waals surface area contributed by atoms with Gasteiger partial charge in [0.25, 0.3) is 0 Å². The van der Waals surface area contributed by atoms with Gasteiger partial charge in [-0.2, -0.15) is 0 Å². The molecular formula is C14H22N2O2S. The molecule has 1 aliphatic carbocycles. The molecule has 0 bridgehead atoms. The fourth-order valence-electron chi connectivity index (χ4n) is 2.25. The highest BCUT2D eigenvalue weighted by Crippen LogP contribution is 2.48. The van der Waals surface area contributed by atoms with Gasteiger partial charge < -0.3 is 5.32 Å². The number of primary sulfonamides is 1. The molecule has 1 aliphatic rings. The first-order chi connectivity index (χ1) is 8.72. The van der Waals surface area contributed by atoms with Crippen LogP contribution in [0.25, 0.3) is 0 Å². The summed E-state index contributed by atoms with van der Waals surface area (Å²) in [4.78, 5) is 0.158. The Labute approximate surface area is 115 Å². The molecule has 1 saturated carbocycles. The summed E-state index contributed by atoms with van der Waals surface area (Å²) in [7, 11) is -3.60. The predicted molar refractivity (Wildman–Crippen MR) is 76.2 cm³/mol. The average molecular weight is 282 g/mol. The largest absolute Gasteiger partial charge is 0.307 e. The minimum atomic E-state index is -3.60. The second-order valence-electron chi connectivity index (χ2n) is 5.88. The number of benzene rings is 1. The van der Waals surface area contributed by atoms with Gasteiger partial charge in [-0.05, 0) is 49.8 Å². The van der Waals surface area contributed by atoms with Crippen LogP contribution < -0.4 is 10.5 Å². The van der Waals surface area contributed by atoms with Gasteiger partial charge in [-0.25, -0.2) is 13.6 Å². The highest BCUT2D eigenvalue weighted by Gasteiger charge is 2.42. The third-order valence-corrected chi connectivity index (χ3v) is 5.22.